The Morgan fingerprint density at radius 1 is 0.933 bits per heavy atom. The molecule has 0 aliphatic heterocycles. The van der Waals surface area contributed by atoms with Gasteiger partial charge in [-0.25, -0.2) is 0 Å². The SMILES string of the molecule is CC[N+](CC)(CC)c1ccccc1C.[Cl-]. The lowest BCUT2D eigenvalue weighted by Gasteiger charge is -2.36. The van der Waals surface area contributed by atoms with Gasteiger partial charge >= 0.3 is 0 Å². The van der Waals surface area contributed by atoms with E-state index < -0.39 is 0 Å². The van der Waals surface area contributed by atoms with E-state index in [0.29, 0.717) is 0 Å². The van der Waals surface area contributed by atoms with E-state index in [1.54, 1.807) is 0 Å². The largest absolute Gasteiger partial charge is 1.00 e. The van der Waals surface area contributed by atoms with Crippen molar-refractivity contribution in [3.8, 4) is 0 Å². The fourth-order valence-corrected chi connectivity index (χ4v) is 2.28. The summed E-state index contributed by atoms with van der Waals surface area (Å²) in [5.74, 6) is 0. The Morgan fingerprint density at radius 2 is 1.40 bits per heavy atom. The molecule has 0 aliphatic carbocycles. The summed E-state index contributed by atoms with van der Waals surface area (Å²) in [7, 11) is 0. The average Bonchev–Trinajstić information content (AvgIpc) is 2.24. The van der Waals surface area contributed by atoms with Crippen LogP contribution < -0.4 is 16.9 Å². The standard InChI is InChI=1S/C13H22N.ClH/c1-5-14(6-2,7-3)13-11-9-8-10-12(13)4;/h8-11H,5-7H2,1-4H3;1H/q+1;/p-1. The summed E-state index contributed by atoms with van der Waals surface area (Å²) in [6.07, 6.45) is 0. The predicted molar refractivity (Wildman–Crippen MR) is 64.6 cm³/mol. The molecule has 0 unspecified atom stereocenters. The van der Waals surface area contributed by atoms with Gasteiger partial charge in [-0.05, 0) is 33.8 Å². The zero-order valence-electron chi connectivity index (χ0n) is 10.3. The first-order chi connectivity index (χ1) is 6.70. The Bertz CT molecular complexity index is 284. The van der Waals surface area contributed by atoms with E-state index >= 15 is 0 Å². The van der Waals surface area contributed by atoms with Crippen LogP contribution in [0.15, 0.2) is 24.3 Å². The Balaban J connectivity index is 0.00000196. The van der Waals surface area contributed by atoms with Crippen LogP contribution in [-0.4, -0.2) is 19.6 Å². The van der Waals surface area contributed by atoms with Crippen molar-refractivity contribution in [1.29, 1.82) is 0 Å². The lowest BCUT2D eigenvalue weighted by molar-refractivity contribution is -0.00000313. The molecule has 0 N–H and O–H groups in total. The van der Waals surface area contributed by atoms with Crippen LogP contribution >= 0.6 is 0 Å². The highest BCUT2D eigenvalue weighted by Gasteiger charge is 2.25. The van der Waals surface area contributed by atoms with Crippen LogP contribution in [0.1, 0.15) is 26.3 Å². The van der Waals surface area contributed by atoms with Crippen molar-refractivity contribution in [2.24, 2.45) is 0 Å². The second-order valence-electron chi connectivity index (χ2n) is 3.88. The molecule has 0 aromatic heterocycles. The van der Waals surface area contributed by atoms with Gasteiger partial charge in [0.15, 0.2) is 0 Å². The van der Waals surface area contributed by atoms with Crippen LogP contribution in [0.5, 0.6) is 0 Å². The quantitative estimate of drug-likeness (QED) is 0.652. The number of benzene rings is 1. The number of hydrogen-bond donors (Lipinski definition) is 0. The van der Waals surface area contributed by atoms with Gasteiger partial charge < -0.3 is 12.4 Å². The number of nitrogens with zero attached hydrogens (tertiary/aromatic N) is 1. The maximum Gasteiger partial charge on any atom is 0.135 e. The number of rotatable bonds is 4. The van der Waals surface area contributed by atoms with E-state index in [1.165, 1.54) is 30.9 Å². The summed E-state index contributed by atoms with van der Waals surface area (Å²) in [6, 6.07) is 8.75. The maximum atomic E-state index is 2.28. The van der Waals surface area contributed by atoms with Crippen LogP contribution in [-0.2, 0) is 0 Å². The second-order valence-corrected chi connectivity index (χ2v) is 3.88. The molecule has 86 valence electrons. The molecule has 0 aliphatic rings. The third-order valence-electron chi connectivity index (χ3n) is 3.44. The second kappa shape index (κ2) is 6.14. The molecule has 0 radical (unpaired) electrons. The van der Waals surface area contributed by atoms with Gasteiger partial charge in [-0.15, -0.1) is 0 Å². The van der Waals surface area contributed by atoms with E-state index in [-0.39, 0.29) is 12.4 Å². The van der Waals surface area contributed by atoms with Crippen LogP contribution in [0, 0.1) is 6.92 Å². The summed E-state index contributed by atoms with van der Waals surface area (Å²) in [5.41, 5.74) is 2.90. The summed E-state index contributed by atoms with van der Waals surface area (Å²) in [4.78, 5) is 0. The van der Waals surface area contributed by atoms with Crippen molar-refractivity contribution in [2.45, 2.75) is 27.7 Å². The Kier molecular flexibility index (Phi) is 5.92. The molecule has 0 spiro atoms. The van der Waals surface area contributed by atoms with Crippen LogP contribution in [0.3, 0.4) is 0 Å². The lowest BCUT2D eigenvalue weighted by Crippen LogP contribution is -3.00. The molecule has 0 saturated carbocycles. The molecule has 0 fully saturated rings. The first-order valence-electron chi connectivity index (χ1n) is 5.62. The fourth-order valence-electron chi connectivity index (χ4n) is 2.28. The molecular weight excluding hydrogens is 206 g/mol. The minimum atomic E-state index is 0. The Morgan fingerprint density at radius 3 is 1.80 bits per heavy atom. The summed E-state index contributed by atoms with van der Waals surface area (Å²) >= 11 is 0. The zero-order chi connectivity index (χ0) is 10.6. The van der Waals surface area contributed by atoms with Gasteiger partial charge in [-0.2, -0.15) is 0 Å². The van der Waals surface area contributed by atoms with Crippen molar-refractivity contribution in [3.05, 3.63) is 29.8 Å². The predicted octanol–water partition coefficient (Wildman–Crippen LogP) is 0.366. The zero-order valence-corrected chi connectivity index (χ0v) is 11.0. The van der Waals surface area contributed by atoms with Gasteiger partial charge in [0.05, 0.1) is 19.6 Å². The third-order valence-corrected chi connectivity index (χ3v) is 3.44. The van der Waals surface area contributed by atoms with Gasteiger partial charge in [0.25, 0.3) is 0 Å². The van der Waals surface area contributed by atoms with Crippen molar-refractivity contribution in [3.63, 3.8) is 0 Å². The first kappa shape index (κ1) is 14.5. The number of para-hydroxylation sites is 1. The maximum absolute atomic E-state index is 2.28. The lowest BCUT2D eigenvalue weighted by atomic mass is 10.1. The molecule has 0 amide bonds. The van der Waals surface area contributed by atoms with Gasteiger partial charge in [0, 0.05) is 5.56 Å². The highest BCUT2D eigenvalue weighted by Crippen LogP contribution is 2.26. The highest BCUT2D eigenvalue weighted by molar-refractivity contribution is 5.49. The molecule has 2 heteroatoms. The molecule has 0 bridgehead atoms. The van der Waals surface area contributed by atoms with Gasteiger partial charge in [-0.3, -0.25) is 4.48 Å². The molecular formula is C13H22ClN. The van der Waals surface area contributed by atoms with Crippen molar-refractivity contribution < 1.29 is 12.4 Å². The van der Waals surface area contributed by atoms with Gasteiger partial charge in [-0.1, -0.05) is 18.2 Å². The van der Waals surface area contributed by atoms with E-state index in [0.717, 1.165) is 4.48 Å². The van der Waals surface area contributed by atoms with Crippen LogP contribution in [0.2, 0.25) is 0 Å². The number of hydrogen-bond acceptors (Lipinski definition) is 0. The van der Waals surface area contributed by atoms with E-state index in [1.807, 2.05) is 0 Å². The molecule has 1 nitrogen and oxygen atoms in total. The third kappa shape index (κ3) is 2.73. The molecule has 0 atom stereocenters. The van der Waals surface area contributed by atoms with Crippen molar-refractivity contribution in [1.82, 2.24) is 4.48 Å². The molecule has 1 aromatic carbocycles. The minimum Gasteiger partial charge on any atom is -1.00 e. The molecule has 1 aromatic rings. The van der Waals surface area contributed by atoms with Gasteiger partial charge in [0.1, 0.15) is 5.69 Å². The van der Waals surface area contributed by atoms with Crippen LogP contribution in [0.4, 0.5) is 5.69 Å². The smallest absolute Gasteiger partial charge is 0.135 e. The summed E-state index contributed by atoms with van der Waals surface area (Å²) in [5, 5.41) is 0. The van der Waals surface area contributed by atoms with E-state index in [4.69, 9.17) is 0 Å². The average molecular weight is 228 g/mol. The monoisotopic (exact) mass is 227 g/mol. The van der Waals surface area contributed by atoms with Crippen LogP contribution in [0.25, 0.3) is 0 Å². The van der Waals surface area contributed by atoms with Gasteiger partial charge in [0.2, 0.25) is 0 Å². The Labute approximate surface area is 100 Å². The molecule has 0 saturated heterocycles. The normalized spacial score (nSPS) is 10.9. The summed E-state index contributed by atoms with van der Waals surface area (Å²) in [6.45, 7) is 12.6. The topological polar surface area (TPSA) is 0 Å². The van der Waals surface area contributed by atoms with Crippen molar-refractivity contribution >= 4 is 5.69 Å². The Hall–Kier alpha value is -0.530. The summed E-state index contributed by atoms with van der Waals surface area (Å²) < 4.78 is 1.10. The number of halogens is 1. The first-order valence-corrected chi connectivity index (χ1v) is 5.62. The minimum absolute atomic E-state index is 0. The van der Waals surface area contributed by atoms with Crippen molar-refractivity contribution in [2.75, 3.05) is 19.6 Å². The fraction of sp³-hybridized carbons (Fsp3) is 0.538. The molecule has 0 heterocycles. The van der Waals surface area contributed by atoms with E-state index in [9.17, 15) is 0 Å². The number of aryl methyl sites for hydroxylation is 1. The highest BCUT2D eigenvalue weighted by atomic mass is 35.5. The molecule has 15 heavy (non-hydrogen) atoms. The molecule has 1 rings (SSSR count). The van der Waals surface area contributed by atoms with E-state index in [2.05, 4.69) is 52.0 Å². The number of quaternary nitrogens is 1.